The van der Waals surface area contributed by atoms with Gasteiger partial charge in [-0.25, -0.2) is 14.8 Å². The van der Waals surface area contributed by atoms with Crippen molar-refractivity contribution in [3.63, 3.8) is 0 Å². The normalized spacial score (nSPS) is 11.1. The van der Waals surface area contributed by atoms with Gasteiger partial charge in [-0.2, -0.15) is 0 Å². The molecule has 0 fully saturated rings. The number of aromatic nitrogens is 4. The Kier molecular flexibility index (Phi) is 6.07. The van der Waals surface area contributed by atoms with Crippen LogP contribution in [0.4, 0.5) is 0 Å². The lowest BCUT2D eigenvalue weighted by Crippen LogP contribution is -2.22. The quantitative estimate of drug-likeness (QED) is 0.251. The zero-order valence-corrected chi connectivity index (χ0v) is 20.7. The van der Waals surface area contributed by atoms with Gasteiger partial charge in [0.15, 0.2) is 11.7 Å². The minimum absolute atomic E-state index is 0.186. The summed E-state index contributed by atoms with van der Waals surface area (Å²) in [5, 5.41) is 3.16. The first-order valence-corrected chi connectivity index (χ1v) is 12.1. The van der Waals surface area contributed by atoms with E-state index in [0.29, 0.717) is 28.0 Å². The van der Waals surface area contributed by atoms with Gasteiger partial charge in [0.05, 0.1) is 22.2 Å². The van der Waals surface area contributed by atoms with Gasteiger partial charge in [-0.3, -0.25) is 18.7 Å². The number of aryl methyl sites for hydroxylation is 2. The van der Waals surface area contributed by atoms with Crippen LogP contribution < -0.4 is 5.56 Å². The molecule has 0 amide bonds. The van der Waals surface area contributed by atoms with Crippen molar-refractivity contribution in [1.82, 2.24) is 19.1 Å². The Balaban J connectivity index is 1.32. The Bertz CT molecular complexity index is 1670. The van der Waals surface area contributed by atoms with Crippen LogP contribution in [0.5, 0.6) is 0 Å². The number of nitrogens with zero attached hydrogens (tertiary/aromatic N) is 4. The molecule has 3 heterocycles. The SMILES string of the molecule is Cc1cc(C(=O)COC(=O)c2ccc(-n3c(C)nc4ccccc4c3=O)cc2)c(C)n1-c1nccs1. The number of rotatable bonds is 6. The summed E-state index contributed by atoms with van der Waals surface area (Å²) in [4.78, 5) is 47.2. The summed E-state index contributed by atoms with van der Waals surface area (Å²) in [6.07, 6.45) is 1.71. The highest BCUT2D eigenvalue weighted by Crippen LogP contribution is 2.23. The number of fused-ring (bicyclic) bond motifs is 1. The van der Waals surface area contributed by atoms with Gasteiger partial charge < -0.3 is 4.74 Å². The second kappa shape index (κ2) is 9.35. The molecule has 0 N–H and O–H groups in total. The number of hydrogen-bond acceptors (Lipinski definition) is 7. The summed E-state index contributed by atoms with van der Waals surface area (Å²) in [7, 11) is 0. The maximum absolute atomic E-state index is 13.0. The zero-order chi connectivity index (χ0) is 25.4. The summed E-state index contributed by atoms with van der Waals surface area (Å²) >= 11 is 1.48. The molecule has 0 aliphatic rings. The molecule has 2 aromatic carbocycles. The van der Waals surface area contributed by atoms with E-state index in [0.717, 1.165) is 16.5 Å². The Morgan fingerprint density at radius 3 is 2.47 bits per heavy atom. The van der Waals surface area contributed by atoms with E-state index in [4.69, 9.17) is 4.74 Å². The highest BCUT2D eigenvalue weighted by molar-refractivity contribution is 7.12. The second-order valence-electron chi connectivity index (χ2n) is 8.30. The molecule has 0 saturated heterocycles. The van der Waals surface area contributed by atoms with Crippen LogP contribution in [0.2, 0.25) is 0 Å². The number of hydrogen-bond donors (Lipinski definition) is 0. The fourth-order valence-corrected chi connectivity index (χ4v) is 5.00. The predicted molar refractivity (Wildman–Crippen MR) is 138 cm³/mol. The van der Waals surface area contributed by atoms with Gasteiger partial charge in [0, 0.05) is 28.5 Å². The number of thiazole rings is 1. The standard InChI is InChI=1S/C27H22N4O4S/c1-16-14-22(17(2)30(16)27-28-12-13-36-27)24(32)15-35-26(34)19-8-10-20(11-9-19)31-18(3)29-23-7-5-4-6-21(23)25(31)33/h4-14H,15H2,1-3H3. The molecule has 180 valence electrons. The summed E-state index contributed by atoms with van der Waals surface area (Å²) in [6.45, 7) is 5.12. The largest absolute Gasteiger partial charge is 0.454 e. The van der Waals surface area contributed by atoms with Crippen LogP contribution in [0.1, 0.15) is 37.9 Å². The van der Waals surface area contributed by atoms with Crippen LogP contribution in [0.3, 0.4) is 0 Å². The Hall–Kier alpha value is -4.37. The number of carbonyl (C=O) groups excluding carboxylic acids is 2. The molecular weight excluding hydrogens is 476 g/mol. The minimum atomic E-state index is -0.621. The van der Waals surface area contributed by atoms with Crippen LogP contribution in [0.15, 0.2) is 71.0 Å². The summed E-state index contributed by atoms with van der Waals surface area (Å²) in [5.74, 6) is -0.375. The first kappa shape index (κ1) is 23.4. The molecule has 5 rings (SSSR count). The molecule has 36 heavy (non-hydrogen) atoms. The van der Waals surface area contributed by atoms with Gasteiger partial charge in [-0.05, 0) is 63.2 Å². The average molecular weight is 499 g/mol. The highest BCUT2D eigenvalue weighted by Gasteiger charge is 2.20. The molecule has 8 nitrogen and oxygen atoms in total. The van der Waals surface area contributed by atoms with Gasteiger partial charge in [0.2, 0.25) is 5.78 Å². The number of esters is 1. The molecule has 5 aromatic rings. The summed E-state index contributed by atoms with van der Waals surface area (Å²) in [5.41, 5.74) is 3.42. The average Bonchev–Trinajstić information content (AvgIpc) is 3.50. The lowest BCUT2D eigenvalue weighted by atomic mass is 10.1. The topological polar surface area (TPSA) is 96.1 Å². The van der Waals surface area contributed by atoms with Crippen molar-refractivity contribution in [2.75, 3.05) is 6.61 Å². The van der Waals surface area contributed by atoms with Crippen molar-refractivity contribution in [1.29, 1.82) is 0 Å². The molecule has 0 bridgehead atoms. The molecule has 0 radical (unpaired) electrons. The van der Waals surface area contributed by atoms with Crippen molar-refractivity contribution < 1.29 is 14.3 Å². The molecule has 0 saturated carbocycles. The van der Waals surface area contributed by atoms with Gasteiger partial charge in [-0.1, -0.05) is 12.1 Å². The third-order valence-corrected chi connectivity index (χ3v) is 6.74. The molecule has 9 heteroatoms. The lowest BCUT2D eigenvalue weighted by molar-refractivity contribution is 0.0474. The van der Waals surface area contributed by atoms with E-state index in [-0.39, 0.29) is 23.5 Å². The second-order valence-corrected chi connectivity index (χ2v) is 9.17. The van der Waals surface area contributed by atoms with E-state index in [9.17, 15) is 14.4 Å². The monoisotopic (exact) mass is 498 g/mol. The van der Waals surface area contributed by atoms with E-state index in [1.54, 1.807) is 61.7 Å². The first-order chi connectivity index (χ1) is 17.3. The smallest absolute Gasteiger partial charge is 0.338 e. The number of Topliss-reactive ketones (excluding diaryl/α,β-unsaturated/α-hetero) is 1. The number of ketones is 1. The number of carbonyl (C=O) groups is 2. The van der Waals surface area contributed by atoms with Gasteiger partial charge in [0.1, 0.15) is 5.82 Å². The van der Waals surface area contributed by atoms with Gasteiger partial charge in [-0.15, -0.1) is 11.3 Å². The number of ether oxygens (including phenoxy) is 1. The Morgan fingerprint density at radius 1 is 1.00 bits per heavy atom. The molecule has 3 aromatic heterocycles. The van der Waals surface area contributed by atoms with Crippen LogP contribution in [0.25, 0.3) is 21.7 Å². The van der Waals surface area contributed by atoms with Crippen LogP contribution in [-0.4, -0.2) is 37.5 Å². The van der Waals surface area contributed by atoms with E-state index in [1.807, 2.05) is 29.9 Å². The predicted octanol–water partition coefficient (Wildman–Crippen LogP) is 4.60. The lowest BCUT2D eigenvalue weighted by Gasteiger charge is -2.11. The molecular formula is C27H22N4O4S. The molecule has 0 aliphatic heterocycles. The number of para-hydroxylation sites is 1. The summed E-state index contributed by atoms with van der Waals surface area (Å²) < 4.78 is 8.70. The summed E-state index contributed by atoms with van der Waals surface area (Å²) in [6, 6.07) is 15.4. The van der Waals surface area contributed by atoms with E-state index in [1.165, 1.54) is 15.9 Å². The van der Waals surface area contributed by atoms with Crippen LogP contribution >= 0.6 is 11.3 Å². The first-order valence-electron chi connectivity index (χ1n) is 11.2. The molecule has 0 atom stereocenters. The maximum Gasteiger partial charge on any atom is 0.338 e. The van der Waals surface area contributed by atoms with Gasteiger partial charge in [0.25, 0.3) is 5.56 Å². The Labute approximate surface area is 210 Å². The van der Waals surface area contributed by atoms with E-state index < -0.39 is 5.97 Å². The van der Waals surface area contributed by atoms with Crippen LogP contribution in [0, 0.1) is 20.8 Å². The fourth-order valence-electron chi connectivity index (χ4n) is 4.25. The van der Waals surface area contributed by atoms with Crippen molar-refractivity contribution in [2.45, 2.75) is 20.8 Å². The van der Waals surface area contributed by atoms with Crippen molar-refractivity contribution in [2.24, 2.45) is 0 Å². The fraction of sp³-hybridized carbons (Fsp3) is 0.148. The van der Waals surface area contributed by atoms with E-state index in [2.05, 4.69) is 9.97 Å². The minimum Gasteiger partial charge on any atom is -0.454 e. The van der Waals surface area contributed by atoms with Gasteiger partial charge >= 0.3 is 5.97 Å². The molecule has 0 aliphatic carbocycles. The zero-order valence-electron chi connectivity index (χ0n) is 19.9. The highest BCUT2D eigenvalue weighted by atomic mass is 32.1. The maximum atomic E-state index is 13.0. The van der Waals surface area contributed by atoms with Crippen molar-refractivity contribution >= 4 is 34.0 Å². The third-order valence-electron chi connectivity index (χ3n) is 5.98. The molecule has 0 spiro atoms. The van der Waals surface area contributed by atoms with E-state index >= 15 is 0 Å². The van der Waals surface area contributed by atoms with Crippen LogP contribution in [-0.2, 0) is 4.74 Å². The molecule has 0 unspecified atom stereocenters. The number of benzene rings is 2. The van der Waals surface area contributed by atoms with Crippen molar-refractivity contribution in [3.8, 4) is 10.8 Å². The Morgan fingerprint density at radius 2 is 1.75 bits per heavy atom. The van der Waals surface area contributed by atoms with Crippen molar-refractivity contribution in [3.05, 3.63) is 105 Å². The third kappa shape index (κ3) is 4.14.